The number of aliphatic hydroxyl groups is 12. The van der Waals surface area contributed by atoms with Gasteiger partial charge in [0.2, 0.25) is 23.6 Å². The highest BCUT2D eigenvalue weighted by Gasteiger charge is 2.49. The van der Waals surface area contributed by atoms with Crippen molar-refractivity contribution >= 4 is 29.4 Å². The Bertz CT molecular complexity index is 3290. The summed E-state index contributed by atoms with van der Waals surface area (Å²) < 4.78 is 75.2. The molecular formula is C67H112N18O29. The van der Waals surface area contributed by atoms with Gasteiger partial charge in [-0.1, -0.05) is 27.3 Å². The van der Waals surface area contributed by atoms with Crippen molar-refractivity contribution in [1.82, 2.24) is 91.0 Å². The standard InChI is InChI=1S/C67H112N18O29/c1-38(90)47(81(28-45-32-84(78-74-45)12-16-105-20-24-109-66-54(70-41(4)93)62(101)58(97)50(36-88)113-66)29-46-33-85(79-75-46)13-17-106-21-25-110-67-55(71-42(5)94)63(102)59(98)51(37-89)114-67)8-6-7-9-80(26-43-30-82(76-72-43)10-14-103-18-22-107-64-52(68-39(2)91)60(99)56(95)48(34-86)111-64)27-44-31-83(77-73-44)11-15-104-19-23-108-65-53(69-40(3)92)61(100)57(96)49(35-87)112-65/h30-33,47-67,86-89,95-102H,6-29,34-37H2,1-5H3,(H,68,91)(H,69,92)(H,70,93)(H,71,94)/t47?,48-,49-,50-,51-,52-,53-,54-,55-,56+,57+,58+,59+,60-,61-,62-,63-,64-,65?,66-,67-/m1/s1. The number of hydrogen-bond acceptors (Lipinski definition) is 39. The largest absolute Gasteiger partial charge is 0.394 e. The lowest BCUT2D eigenvalue weighted by Crippen LogP contribution is -2.64. The number of aromatic nitrogens is 12. The van der Waals surface area contributed by atoms with Gasteiger partial charge in [-0.3, -0.25) is 33.8 Å². The number of Topliss-reactive ketones (excluding diaryl/α,β-unsaturated/α-hetero) is 1. The number of nitrogens with zero attached hydrogens (tertiary/aromatic N) is 14. The average molecular weight is 1630 g/mol. The maximum atomic E-state index is 14.0. The molecule has 0 radical (unpaired) electrons. The topological polar surface area (TPSA) is 616 Å². The van der Waals surface area contributed by atoms with Crippen LogP contribution in [0.5, 0.6) is 0 Å². The van der Waals surface area contributed by atoms with E-state index in [1.807, 2.05) is 4.90 Å². The number of hydrogen-bond donors (Lipinski definition) is 16. The normalized spacial score (nSPS) is 28.2. The van der Waals surface area contributed by atoms with Gasteiger partial charge < -0.3 is 139 Å². The van der Waals surface area contributed by atoms with Crippen molar-refractivity contribution < 1.29 is 142 Å². The van der Waals surface area contributed by atoms with Crippen LogP contribution in [0, 0.1) is 0 Å². The Balaban J connectivity index is 0.895. The SMILES string of the molecule is CC(=O)N[C@H]1[C@H](OCCOCCn2cc(CN(CCCCC(C(C)=O)N(Cc3cn(CCOCCO[C@@H]4O[C@H](CO)[C@H](O)[C@H](O)[C@H]4NC(C)=O)nn3)Cc3cn(CCOCCO[C@@H]4O[C@H](CO)[C@H](O)[C@H](O)[C@H]4NC(C)=O)nn3)Cc3cn(CCOCCOC4O[C@H](CO)[C@H](O)[C@H](O)[C@H]4NC(C)=O)nn3)nn2)O[C@H](CO)[C@H](O)[C@@H]1O. The summed E-state index contributed by atoms with van der Waals surface area (Å²) in [7, 11) is 0. The van der Waals surface area contributed by atoms with Crippen LogP contribution in [-0.4, -0.2) is 401 Å². The molecule has 644 valence electrons. The van der Waals surface area contributed by atoms with E-state index in [9.17, 15) is 85.3 Å². The maximum Gasteiger partial charge on any atom is 0.217 e. The molecular weight excluding hydrogens is 1520 g/mol. The van der Waals surface area contributed by atoms with E-state index in [0.29, 0.717) is 61.7 Å². The minimum Gasteiger partial charge on any atom is -0.394 e. The fourth-order valence-electron chi connectivity index (χ4n) is 13.1. The lowest BCUT2D eigenvalue weighted by Gasteiger charge is -2.42. The molecule has 0 bridgehead atoms. The quantitative estimate of drug-likeness (QED) is 0.0183. The van der Waals surface area contributed by atoms with Gasteiger partial charge in [0.05, 0.1) is 161 Å². The van der Waals surface area contributed by atoms with E-state index < -0.39 is 179 Å². The maximum absolute atomic E-state index is 14.0. The number of rotatable bonds is 51. The molecule has 8 rings (SSSR count). The molecule has 2 unspecified atom stereocenters. The molecule has 16 N–H and O–H groups in total. The molecule has 0 aromatic carbocycles. The fraction of sp³-hybridized carbons (Fsp3) is 0.806. The number of ether oxygens (including phenoxy) is 12. The van der Waals surface area contributed by atoms with Crippen LogP contribution in [0.4, 0.5) is 0 Å². The summed E-state index contributed by atoms with van der Waals surface area (Å²) in [6.07, 6.45) is -12.8. The summed E-state index contributed by atoms with van der Waals surface area (Å²) in [5.74, 6) is -2.14. The first kappa shape index (κ1) is 92.6. The molecule has 8 heterocycles. The molecule has 114 heavy (non-hydrogen) atoms. The predicted octanol–water partition coefficient (Wildman–Crippen LogP) is -10.2. The summed E-state index contributed by atoms with van der Waals surface area (Å²) >= 11 is 0. The number of aliphatic hydroxyl groups excluding tert-OH is 12. The van der Waals surface area contributed by atoms with Crippen LogP contribution in [0.1, 0.15) is 76.7 Å². The van der Waals surface area contributed by atoms with Crippen molar-refractivity contribution in [2.75, 3.05) is 112 Å². The van der Waals surface area contributed by atoms with Gasteiger partial charge in [-0.2, -0.15) is 0 Å². The van der Waals surface area contributed by atoms with Crippen LogP contribution in [0.2, 0.25) is 0 Å². The summed E-state index contributed by atoms with van der Waals surface area (Å²) in [5, 5.41) is 168. The van der Waals surface area contributed by atoms with E-state index in [4.69, 9.17) is 56.8 Å². The lowest BCUT2D eigenvalue weighted by molar-refractivity contribution is -0.272. The second-order valence-electron chi connectivity index (χ2n) is 27.8. The Morgan fingerprint density at radius 1 is 0.386 bits per heavy atom. The Morgan fingerprint density at radius 3 is 0.895 bits per heavy atom. The third-order valence-corrected chi connectivity index (χ3v) is 18.9. The first-order valence-corrected chi connectivity index (χ1v) is 37.7. The molecule has 4 aromatic rings. The van der Waals surface area contributed by atoms with Gasteiger partial charge in [0.15, 0.2) is 25.2 Å². The molecule has 47 nitrogen and oxygen atoms in total. The Hall–Kier alpha value is -6.93. The van der Waals surface area contributed by atoms with Gasteiger partial charge in [0.25, 0.3) is 0 Å². The highest BCUT2D eigenvalue weighted by atomic mass is 16.7. The fourth-order valence-corrected chi connectivity index (χ4v) is 13.1. The third kappa shape index (κ3) is 28.4. The monoisotopic (exact) mass is 1630 g/mol. The van der Waals surface area contributed by atoms with Crippen molar-refractivity contribution in [1.29, 1.82) is 0 Å². The average Bonchev–Trinajstić information content (AvgIpc) is 1.16. The number of unbranched alkanes of at least 4 members (excludes halogenated alkanes) is 1. The van der Waals surface area contributed by atoms with Gasteiger partial charge >= 0.3 is 0 Å². The van der Waals surface area contributed by atoms with Crippen molar-refractivity contribution in [3.8, 4) is 0 Å². The van der Waals surface area contributed by atoms with Gasteiger partial charge in [0.1, 0.15) is 103 Å². The first-order valence-electron chi connectivity index (χ1n) is 37.7. The Labute approximate surface area is 655 Å². The van der Waals surface area contributed by atoms with Crippen LogP contribution in [0.15, 0.2) is 24.8 Å². The number of nitrogens with one attached hydrogen (secondary N) is 4. The first-order chi connectivity index (χ1) is 54.8. The predicted molar refractivity (Wildman–Crippen MR) is 380 cm³/mol. The van der Waals surface area contributed by atoms with Gasteiger partial charge in [-0.05, 0) is 26.3 Å². The highest BCUT2D eigenvalue weighted by molar-refractivity contribution is 5.81. The summed E-state index contributed by atoms with van der Waals surface area (Å²) in [6, 6.07) is -5.17. The molecule has 4 amide bonds. The second kappa shape index (κ2) is 47.5. The van der Waals surface area contributed by atoms with Crippen molar-refractivity contribution in [3.63, 3.8) is 0 Å². The van der Waals surface area contributed by atoms with Gasteiger partial charge in [-0.25, -0.2) is 18.7 Å². The molecule has 4 aliphatic heterocycles. The number of ketones is 1. The summed E-state index contributed by atoms with van der Waals surface area (Å²) in [4.78, 5) is 65.6. The summed E-state index contributed by atoms with van der Waals surface area (Å²) in [5.41, 5.74) is 2.21. The molecule has 4 saturated heterocycles. The van der Waals surface area contributed by atoms with Crippen LogP contribution in [0.25, 0.3) is 0 Å². The molecule has 47 heteroatoms. The zero-order valence-corrected chi connectivity index (χ0v) is 64.3. The van der Waals surface area contributed by atoms with Gasteiger partial charge in [-0.15, -0.1) is 20.4 Å². The number of carbonyl (C=O) groups is 5. The van der Waals surface area contributed by atoms with E-state index in [0.717, 1.165) is 0 Å². The van der Waals surface area contributed by atoms with Crippen molar-refractivity contribution in [2.45, 2.75) is 235 Å². The summed E-state index contributed by atoms with van der Waals surface area (Å²) in [6.45, 7) is 7.03. The molecule has 21 atom stereocenters. The zero-order valence-electron chi connectivity index (χ0n) is 64.3. The zero-order chi connectivity index (χ0) is 82.4. The van der Waals surface area contributed by atoms with Crippen LogP contribution >= 0.6 is 0 Å². The molecule has 0 saturated carbocycles. The van der Waals surface area contributed by atoms with Crippen LogP contribution in [-0.2, 0) is 133 Å². The molecule has 4 aromatic heterocycles. The highest BCUT2D eigenvalue weighted by Crippen LogP contribution is 2.27. The minimum atomic E-state index is -1.49. The molecule has 4 aliphatic rings. The number of amides is 4. The van der Waals surface area contributed by atoms with E-state index >= 15 is 0 Å². The van der Waals surface area contributed by atoms with Crippen LogP contribution in [0.3, 0.4) is 0 Å². The van der Waals surface area contributed by atoms with Crippen LogP contribution < -0.4 is 21.3 Å². The van der Waals surface area contributed by atoms with E-state index in [1.54, 1.807) is 43.5 Å². The smallest absolute Gasteiger partial charge is 0.217 e. The molecule has 4 fully saturated rings. The van der Waals surface area contributed by atoms with E-state index in [-0.39, 0.29) is 124 Å². The Morgan fingerprint density at radius 2 is 0.649 bits per heavy atom. The van der Waals surface area contributed by atoms with Gasteiger partial charge in [0, 0.05) is 78.7 Å². The second-order valence-corrected chi connectivity index (χ2v) is 27.8. The third-order valence-electron chi connectivity index (χ3n) is 18.9. The number of carbonyl (C=O) groups excluding carboxylic acids is 5. The minimum absolute atomic E-state index is 0.0387. The lowest BCUT2D eigenvalue weighted by atomic mass is 9.97. The van der Waals surface area contributed by atoms with Crippen molar-refractivity contribution in [2.24, 2.45) is 0 Å². The van der Waals surface area contributed by atoms with Crippen molar-refractivity contribution in [3.05, 3.63) is 47.6 Å². The van der Waals surface area contributed by atoms with E-state index in [1.165, 1.54) is 34.6 Å². The molecule has 0 aliphatic carbocycles. The Kier molecular flexibility index (Phi) is 38.5. The van der Waals surface area contributed by atoms with E-state index in [2.05, 4.69) is 67.4 Å². The molecule has 0 spiro atoms.